The van der Waals surface area contributed by atoms with Crippen molar-refractivity contribution >= 4 is 0 Å². The van der Waals surface area contributed by atoms with E-state index in [1.807, 2.05) is 6.07 Å². The first-order valence-electron chi connectivity index (χ1n) is 8.45. The van der Waals surface area contributed by atoms with Crippen LogP contribution in [0.25, 0.3) is 0 Å². The molecular formula is C19H24O2. The van der Waals surface area contributed by atoms with Gasteiger partial charge in [-0.05, 0) is 49.7 Å². The smallest absolute Gasteiger partial charge is 0.189 e. The van der Waals surface area contributed by atoms with Crippen LogP contribution in [0.3, 0.4) is 0 Å². The Balaban J connectivity index is 1.79. The lowest BCUT2D eigenvalue weighted by atomic mass is 9.70. The van der Waals surface area contributed by atoms with Crippen LogP contribution >= 0.6 is 0 Å². The van der Waals surface area contributed by atoms with Crippen LogP contribution in [0.15, 0.2) is 41.5 Å². The Morgan fingerprint density at radius 3 is 2.67 bits per heavy atom. The molecule has 1 aromatic carbocycles. The summed E-state index contributed by atoms with van der Waals surface area (Å²) in [5.41, 5.74) is 3.99. The fourth-order valence-electron chi connectivity index (χ4n) is 4.54. The second kappa shape index (κ2) is 5.26. The fourth-order valence-corrected chi connectivity index (χ4v) is 4.54. The summed E-state index contributed by atoms with van der Waals surface area (Å²) < 4.78 is 6.33. The number of ether oxygens (including phenoxy) is 1. The molecule has 3 unspecified atom stereocenters. The lowest BCUT2D eigenvalue weighted by Gasteiger charge is -2.48. The van der Waals surface area contributed by atoms with Crippen molar-refractivity contribution in [2.75, 3.05) is 0 Å². The zero-order chi connectivity index (χ0) is 14.3. The van der Waals surface area contributed by atoms with E-state index in [9.17, 15) is 5.11 Å². The second-order valence-electron chi connectivity index (χ2n) is 6.80. The third kappa shape index (κ3) is 2.25. The molecule has 1 aliphatic heterocycles. The molecule has 2 saturated carbocycles. The molecule has 2 aliphatic carbocycles. The van der Waals surface area contributed by atoms with Crippen molar-refractivity contribution in [2.45, 2.75) is 63.3 Å². The summed E-state index contributed by atoms with van der Waals surface area (Å²) in [6.45, 7) is 0. The molecule has 1 N–H and O–H groups in total. The standard InChI is InChI=1S/C19H24O2/c20-19-13-7-6-12-17(19)15-10-4-5-11-16(15)18(21-19)14-8-2-1-3-9-14/h1-3,8-9,16,18,20H,4-7,10-13H2. The summed E-state index contributed by atoms with van der Waals surface area (Å²) >= 11 is 0. The zero-order valence-electron chi connectivity index (χ0n) is 12.6. The normalized spacial score (nSPS) is 36.0. The molecule has 1 aromatic rings. The first kappa shape index (κ1) is 13.5. The average molecular weight is 284 g/mol. The third-order valence-corrected chi connectivity index (χ3v) is 5.53. The number of fused-ring (bicyclic) bond motifs is 2. The van der Waals surface area contributed by atoms with Crippen LogP contribution in [0.4, 0.5) is 0 Å². The largest absolute Gasteiger partial charge is 0.362 e. The van der Waals surface area contributed by atoms with E-state index in [2.05, 4.69) is 24.3 Å². The van der Waals surface area contributed by atoms with Gasteiger partial charge in [-0.15, -0.1) is 0 Å². The Kier molecular flexibility index (Phi) is 3.39. The quantitative estimate of drug-likeness (QED) is 0.769. The minimum Gasteiger partial charge on any atom is -0.362 e. The van der Waals surface area contributed by atoms with Gasteiger partial charge in [-0.1, -0.05) is 42.3 Å². The van der Waals surface area contributed by atoms with Gasteiger partial charge >= 0.3 is 0 Å². The summed E-state index contributed by atoms with van der Waals surface area (Å²) in [6.07, 6.45) is 9.02. The van der Waals surface area contributed by atoms with E-state index in [1.54, 1.807) is 0 Å². The van der Waals surface area contributed by atoms with E-state index < -0.39 is 5.79 Å². The van der Waals surface area contributed by atoms with Gasteiger partial charge < -0.3 is 9.84 Å². The first-order valence-corrected chi connectivity index (χ1v) is 8.45. The Labute approximate surface area is 126 Å². The van der Waals surface area contributed by atoms with Crippen LogP contribution in [0, 0.1) is 5.92 Å². The van der Waals surface area contributed by atoms with Crippen LogP contribution in [-0.2, 0) is 4.74 Å². The van der Waals surface area contributed by atoms with E-state index in [-0.39, 0.29) is 6.10 Å². The molecule has 2 fully saturated rings. The number of aliphatic hydroxyl groups is 1. The van der Waals surface area contributed by atoms with E-state index in [0.29, 0.717) is 5.92 Å². The van der Waals surface area contributed by atoms with E-state index in [0.717, 1.165) is 25.7 Å². The second-order valence-corrected chi connectivity index (χ2v) is 6.80. The monoisotopic (exact) mass is 284 g/mol. The molecule has 0 bridgehead atoms. The van der Waals surface area contributed by atoms with Crippen molar-refractivity contribution in [1.82, 2.24) is 0 Å². The Bertz CT molecular complexity index is 548. The van der Waals surface area contributed by atoms with Crippen molar-refractivity contribution < 1.29 is 9.84 Å². The van der Waals surface area contributed by atoms with Gasteiger partial charge in [-0.25, -0.2) is 0 Å². The minimum absolute atomic E-state index is 0.0355. The summed E-state index contributed by atoms with van der Waals surface area (Å²) in [7, 11) is 0. The van der Waals surface area contributed by atoms with Crippen molar-refractivity contribution in [3.8, 4) is 0 Å². The van der Waals surface area contributed by atoms with Crippen molar-refractivity contribution in [2.24, 2.45) is 5.92 Å². The zero-order valence-corrected chi connectivity index (χ0v) is 12.6. The van der Waals surface area contributed by atoms with Crippen LogP contribution in [0.5, 0.6) is 0 Å². The lowest BCUT2D eigenvalue weighted by molar-refractivity contribution is -0.238. The highest BCUT2D eigenvalue weighted by Crippen LogP contribution is 2.53. The molecule has 0 aromatic heterocycles. The highest BCUT2D eigenvalue weighted by molar-refractivity contribution is 5.33. The maximum absolute atomic E-state index is 11.1. The van der Waals surface area contributed by atoms with Gasteiger partial charge in [0.05, 0.1) is 6.10 Å². The van der Waals surface area contributed by atoms with Crippen molar-refractivity contribution in [3.05, 3.63) is 47.0 Å². The van der Waals surface area contributed by atoms with Gasteiger partial charge in [0, 0.05) is 12.3 Å². The van der Waals surface area contributed by atoms with Crippen LogP contribution in [0.2, 0.25) is 0 Å². The minimum atomic E-state index is -0.984. The SMILES string of the molecule is OC12CCCCC1=C1CCCCC1C(c1ccccc1)O2. The molecule has 21 heavy (non-hydrogen) atoms. The molecule has 0 radical (unpaired) electrons. The molecule has 0 spiro atoms. The molecule has 0 saturated heterocycles. The number of rotatable bonds is 1. The summed E-state index contributed by atoms with van der Waals surface area (Å²) in [6, 6.07) is 10.5. The maximum atomic E-state index is 11.1. The predicted molar refractivity (Wildman–Crippen MR) is 82.7 cm³/mol. The van der Waals surface area contributed by atoms with Gasteiger partial charge in [-0.3, -0.25) is 0 Å². The van der Waals surface area contributed by atoms with Gasteiger partial charge in [0.1, 0.15) is 0 Å². The summed E-state index contributed by atoms with van der Waals surface area (Å²) in [5, 5.41) is 11.1. The van der Waals surface area contributed by atoms with Crippen molar-refractivity contribution in [3.63, 3.8) is 0 Å². The van der Waals surface area contributed by atoms with Crippen LogP contribution < -0.4 is 0 Å². The number of hydrogen-bond acceptors (Lipinski definition) is 2. The molecule has 3 aliphatic rings. The highest BCUT2D eigenvalue weighted by Gasteiger charge is 2.47. The van der Waals surface area contributed by atoms with Crippen molar-refractivity contribution in [1.29, 1.82) is 0 Å². The van der Waals surface area contributed by atoms with Gasteiger partial charge in [-0.2, -0.15) is 0 Å². The average Bonchev–Trinajstić information content (AvgIpc) is 2.54. The Hall–Kier alpha value is -1.12. The van der Waals surface area contributed by atoms with Crippen LogP contribution in [-0.4, -0.2) is 10.9 Å². The third-order valence-electron chi connectivity index (χ3n) is 5.53. The molecular weight excluding hydrogens is 260 g/mol. The summed E-state index contributed by atoms with van der Waals surface area (Å²) in [4.78, 5) is 0. The predicted octanol–water partition coefficient (Wildman–Crippen LogP) is 4.51. The first-order chi connectivity index (χ1) is 10.3. The maximum Gasteiger partial charge on any atom is 0.189 e. The van der Waals surface area contributed by atoms with E-state index in [4.69, 9.17) is 4.74 Å². The van der Waals surface area contributed by atoms with Gasteiger partial charge in [0.2, 0.25) is 0 Å². The lowest BCUT2D eigenvalue weighted by Crippen LogP contribution is -2.46. The molecule has 2 heteroatoms. The van der Waals surface area contributed by atoms with E-state index >= 15 is 0 Å². The van der Waals surface area contributed by atoms with Gasteiger partial charge in [0.15, 0.2) is 5.79 Å². The molecule has 2 nitrogen and oxygen atoms in total. The van der Waals surface area contributed by atoms with Crippen LogP contribution in [0.1, 0.15) is 63.0 Å². The molecule has 3 atom stereocenters. The Morgan fingerprint density at radius 1 is 1.00 bits per heavy atom. The van der Waals surface area contributed by atoms with Gasteiger partial charge in [0.25, 0.3) is 0 Å². The van der Waals surface area contributed by atoms with E-state index in [1.165, 1.54) is 42.4 Å². The topological polar surface area (TPSA) is 29.5 Å². The molecule has 0 amide bonds. The number of benzene rings is 1. The molecule has 4 rings (SSSR count). The number of hydrogen-bond donors (Lipinski definition) is 1. The molecule has 1 heterocycles. The highest BCUT2D eigenvalue weighted by atomic mass is 16.6. The summed E-state index contributed by atoms with van der Waals surface area (Å²) in [5.74, 6) is -0.503. The Morgan fingerprint density at radius 2 is 1.81 bits per heavy atom. The fraction of sp³-hybridized carbons (Fsp3) is 0.579. The molecule has 112 valence electrons.